The summed E-state index contributed by atoms with van der Waals surface area (Å²) >= 11 is 0. The predicted octanol–water partition coefficient (Wildman–Crippen LogP) is 3.78. The van der Waals surface area contributed by atoms with Crippen molar-refractivity contribution in [2.75, 3.05) is 13.1 Å². The van der Waals surface area contributed by atoms with Crippen LogP contribution in [0.5, 0.6) is 0 Å². The van der Waals surface area contributed by atoms with Gasteiger partial charge in [-0.25, -0.2) is 0 Å². The molecule has 1 aliphatic rings. The summed E-state index contributed by atoms with van der Waals surface area (Å²) in [6, 6.07) is -0.308. The third-order valence-corrected chi connectivity index (χ3v) is 4.64. The lowest BCUT2D eigenvalue weighted by molar-refractivity contribution is -0.151. The molecule has 3 nitrogen and oxygen atoms in total. The Bertz CT molecular complexity index is 288. The van der Waals surface area contributed by atoms with Crippen LogP contribution in [-0.2, 0) is 4.79 Å². The molecule has 3 heteroatoms. The van der Waals surface area contributed by atoms with Crippen LogP contribution in [0.4, 0.5) is 0 Å². The van der Waals surface area contributed by atoms with Crippen molar-refractivity contribution in [2.24, 2.45) is 11.3 Å². The molecule has 1 fully saturated rings. The van der Waals surface area contributed by atoms with Gasteiger partial charge in [0.05, 0.1) is 0 Å². The monoisotopic (exact) mass is 269 g/mol. The van der Waals surface area contributed by atoms with E-state index in [1.54, 1.807) is 0 Å². The standard InChI is InChI=1S/C16H31NO2/c1-5-7-9-13(6-2)12-17-11-8-10-16(3,4)14(17)15(18)19/h13-14H,5-12H2,1-4H3,(H,18,19). The predicted molar refractivity (Wildman–Crippen MR) is 79.3 cm³/mol. The molecule has 0 bridgehead atoms. The van der Waals surface area contributed by atoms with Gasteiger partial charge >= 0.3 is 5.97 Å². The molecule has 1 saturated heterocycles. The molecule has 19 heavy (non-hydrogen) atoms. The maximum absolute atomic E-state index is 11.6. The normalized spacial score (nSPS) is 25.2. The molecule has 0 amide bonds. The summed E-state index contributed by atoms with van der Waals surface area (Å²) in [5.74, 6) is 0.00532. The van der Waals surface area contributed by atoms with Crippen molar-refractivity contribution in [3.05, 3.63) is 0 Å². The number of likely N-dealkylation sites (tertiary alicyclic amines) is 1. The van der Waals surface area contributed by atoms with Gasteiger partial charge in [0.15, 0.2) is 0 Å². The number of carbonyl (C=O) groups is 1. The largest absolute Gasteiger partial charge is 0.480 e. The van der Waals surface area contributed by atoms with Gasteiger partial charge in [0.1, 0.15) is 6.04 Å². The van der Waals surface area contributed by atoms with Crippen LogP contribution in [0.3, 0.4) is 0 Å². The third kappa shape index (κ3) is 4.48. The summed E-state index contributed by atoms with van der Waals surface area (Å²) < 4.78 is 0. The number of unbranched alkanes of at least 4 members (excludes halogenated alkanes) is 1. The summed E-state index contributed by atoms with van der Waals surface area (Å²) in [6.45, 7) is 10.6. The van der Waals surface area contributed by atoms with Gasteiger partial charge in [-0.15, -0.1) is 0 Å². The molecule has 2 unspecified atom stereocenters. The van der Waals surface area contributed by atoms with E-state index < -0.39 is 5.97 Å². The molecule has 1 rings (SSSR count). The second-order valence-corrected chi connectivity index (χ2v) is 6.74. The molecule has 0 aliphatic carbocycles. The minimum Gasteiger partial charge on any atom is -0.480 e. The molecule has 0 aromatic rings. The summed E-state index contributed by atoms with van der Waals surface area (Å²) in [4.78, 5) is 13.9. The van der Waals surface area contributed by atoms with E-state index in [4.69, 9.17) is 0 Å². The van der Waals surface area contributed by atoms with Crippen molar-refractivity contribution in [2.45, 2.75) is 72.3 Å². The molecule has 0 aromatic heterocycles. The van der Waals surface area contributed by atoms with Crippen LogP contribution < -0.4 is 0 Å². The topological polar surface area (TPSA) is 40.5 Å². The third-order valence-electron chi connectivity index (χ3n) is 4.64. The highest BCUT2D eigenvalue weighted by Gasteiger charge is 2.42. The first-order chi connectivity index (χ1) is 8.92. The lowest BCUT2D eigenvalue weighted by Gasteiger charge is -2.45. The van der Waals surface area contributed by atoms with Crippen LogP contribution in [0.2, 0.25) is 0 Å². The molecule has 1 N–H and O–H groups in total. The summed E-state index contributed by atoms with van der Waals surface area (Å²) in [5.41, 5.74) is -0.104. The molecule has 0 aromatic carbocycles. The Kier molecular flexibility index (Phi) is 6.31. The number of aliphatic carboxylic acids is 1. The number of hydrogen-bond donors (Lipinski definition) is 1. The highest BCUT2D eigenvalue weighted by Crippen LogP contribution is 2.36. The van der Waals surface area contributed by atoms with Crippen LogP contribution in [0.15, 0.2) is 0 Å². The number of hydrogen-bond acceptors (Lipinski definition) is 2. The maximum atomic E-state index is 11.6. The van der Waals surface area contributed by atoms with Crippen molar-refractivity contribution < 1.29 is 9.90 Å². The SMILES string of the molecule is CCCCC(CC)CN1CCCC(C)(C)C1C(=O)O. The molecule has 1 aliphatic heterocycles. The van der Waals surface area contributed by atoms with Crippen molar-refractivity contribution in [3.8, 4) is 0 Å². The van der Waals surface area contributed by atoms with Crippen molar-refractivity contribution >= 4 is 5.97 Å². The summed E-state index contributed by atoms with van der Waals surface area (Å²) in [5, 5.41) is 9.56. The smallest absolute Gasteiger partial charge is 0.321 e. The van der Waals surface area contributed by atoms with E-state index in [-0.39, 0.29) is 11.5 Å². The number of piperidine rings is 1. The van der Waals surface area contributed by atoms with Crippen LogP contribution in [0.1, 0.15) is 66.2 Å². The van der Waals surface area contributed by atoms with Crippen LogP contribution >= 0.6 is 0 Å². The van der Waals surface area contributed by atoms with Crippen molar-refractivity contribution in [1.82, 2.24) is 4.90 Å². The highest BCUT2D eigenvalue weighted by atomic mass is 16.4. The van der Waals surface area contributed by atoms with Gasteiger partial charge in [0.25, 0.3) is 0 Å². The van der Waals surface area contributed by atoms with E-state index in [9.17, 15) is 9.90 Å². The molecule has 0 saturated carbocycles. The van der Waals surface area contributed by atoms with Crippen LogP contribution in [0, 0.1) is 11.3 Å². The van der Waals surface area contributed by atoms with Crippen LogP contribution in [-0.4, -0.2) is 35.1 Å². The Hall–Kier alpha value is -0.570. The average Bonchev–Trinajstić information content (AvgIpc) is 2.32. The Morgan fingerprint density at radius 2 is 2.11 bits per heavy atom. The minimum atomic E-state index is -0.643. The summed E-state index contributed by atoms with van der Waals surface area (Å²) in [6.07, 6.45) is 7.02. The van der Waals surface area contributed by atoms with Gasteiger partial charge in [-0.1, -0.05) is 47.0 Å². The lowest BCUT2D eigenvalue weighted by atomic mass is 9.76. The van der Waals surface area contributed by atoms with E-state index in [2.05, 4.69) is 32.6 Å². The fraction of sp³-hybridized carbons (Fsp3) is 0.938. The van der Waals surface area contributed by atoms with Gasteiger partial charge in [-0.05, 0) is 37.1 Å². The second-order valence-electron chi connectivity index (χ2n) is 6.74. The molecule has 2 atom stereocenters. The van der Waals surface area contributed by atoms with E-state index >= 15 is 0 Å². The number of nitrogens with zero attached hydrogens (tertiary/aromatic N) is 1. The quantitative estimate of drug-likeness (QED) is 0.764. The average molecular weight is 269 g/mol. The van der Waals surface area contributed by atoms with Gasteiger partial charge in [-0.2, -0.15) is 0 Å². The van der Waals surface area contributed by atoms with Gasteiger partial charge in [-0.3, -0.25) is 9.69 Å². The fourth-order valence-corrected chi connectivity index (χ4v) is 3.43. The lowest BCUT2D eigenvalue weighted by Crippen LogP contribution is -2.55. The first-order valence-corrected chi connectivity index (χ1v) is 7.89. The molecule has 1 heterocycles. The highest BCUT2D eigenvalue weighted by molar-refractivity contribution is 5.74. The molecular formula is C16H31NO2. The fourth-order valence-electron chi connectivity index (χ4n) is 3.43. The van der Waals surface area contributed by atoms with Gasteiger partial charge in [0.2, 0.25) is 0 Å². The number of carboxylic acids is 1. The van der Waals surface area contributed by atoms with E-state index in [0.717, 1.165) is 32.4 Å². The Balaban J connectivity index is 2.70. The minimum absolute atomic E-state index is 0.104. The Morgan fingerprint density at radius 1 is 1.42 bits per heavy atom. The Morgan fingerprint density at radius 3 is 2.63 bits per heavy atom. The zero-order chi connectivity index (χ0) is 14.5. The maximum Gasteiger partial charge on any atom is 0.321 e. The first kappa shape index (κ1) is 16.5. The second kappa shape index (κ2) is 7.28. The molecular weight excluding hydrogens is 238 g/mol. The van der Waals surface area contributed by atoms with Crippen molar-refractivity contribution in [1.29, 1.82) is 0 Å². The van der Waals surface area contributed by atoms with Crippen LogP contribution in [0.25, 0.3) is 0 Å². The first-order valence-electron chi connectivity index (χ1n) is 7.89. The van der Waals surface area contributed by atoms with E-state index in [1.807, 2.05) is 0 Å². The van der Waals surface area contributed by atoms with E-state index in [0.29, 0.717) is 5.92 Å². The zero-order valence-corrected chi connectivity index (χ0v) is 13.1. The number of rotatable bonds is 7. The molecule has 0 radical (unpaired) electrons. The van der Waals surface area contributed by atoms with Crippen molar-refractivity contribution in [3.63, 3.8) is 0 Å². The summed E-state index contributed by atoms with van der Waals surface area (Å²) in [7, 11) is 0. The Labute approximate surface area is 118 Å². The van der Waals surface area contributed by atoms with E-state index in [1.165, 1.54) is 19.3 Å². The van der Waals surface area contributed by atoms with Gasteiger partial charge < -0.3 is 5.11 Å². The molecule has 112 valence electrons. The number of carboxylic acid groups (broad SMARTS) is 1. The molecule has 0 spiro atoms. The zero-order valence-electron chi connectivity index (χ0n) is 13.1. The van der Waals surface area contributed by atoms with Gasteiger partial charge in [0, 0.05) is 6.54 Å².